The molecule has 0 saturated heterocycles. The monoisotopic (exact) mass is 327 g/mol. The zero-order chi connectivity index (χ0) is 13.1. The van der Waals surface area contributed by atoms with Gasteiger partial charge < -0.3 is 9.84 Å². The summed E-state index contributed by atoms with van der Waals surface area (Å²) in [6.45, 7) is 1.66. The van der Waals surface area contributed by atoms with Crippen molar-refractivity contribution in [3.8, 4) is 11.6 Å². The van der Waals surface area contributed by atoms with Gasteiger partial charge in [0.2, 0.25) is 5.88 Å². The molecular formula is C13H11BrClNO2. The molecule has 0 saturated carbocycles. The highest BCUT2D eigenvalue weighted by Crippen LogP contribution is 2.33. The van der Waals surface area contributed by atoms with E-state index in [2.05, 4.69) is 20.9 Å². The summed E-state index contributed by atoms with van der Waals surface area (Å²) in [5.41, 5.74) is 0.619. The number of hydrogen-bond donors (Lipinski definition) is 1. The number of benzene rings is 1. The van der Waals surface area contributed by atoms with Crippen molar-refractivity contribution in [3.05, 3.63) is 51.6 Å². The van der Waals surface area contributed by atoms with Crippen molar-refractivity contribution in [2.24, 2.45) is 0 Å². The highest BCUT2D eigenvalue weighted by atomic mass is 79.9. The van der Waals surface area contributed by atoms with E-state index in [-0.39, 0.29) is 0 Å². The molecule has 0 fully saturated rings. The molecule has 1 atom stereocenters. The summed E-state index contributed by atoms with van der Waals surface area (Å²) in [4.78, 5) is 4.11. The minimum atomic E-state index is -0.653. The molecule has 0 amide bonds. The Morgan fingerprint density at radius 2 is 2.17 bits per heavy atom. The van der Waals surface area contributed by atoms with Gasteiger partial charge in [-0.05, 0) is 37.3 Å². The topological polar surface area (TPSA) is 42.4 Å². The molecule has 2 aromatic rings. The van der Waals surface area contributed by atoms with Crippen molar-refractivity contribution in [2.45, 2.75) is 13.0 Å². The lowest BCUT2D eigenvalue weighted by molar-refractivity contribution is 0.194. The van der Waals surface area contributed by atoms with Gasteiger partial charge in [0.1, 0.15) is 5.75 Å². The number of pyridine rings is 1. The van der Waals surface area contributed by atoms with E-state index < -0.39 is 6.10 Å². The Balaban J connectivity index is 2.37. The van der Waals surface area contributed by atoms with Crippen LogP contribution in [-0.2, 0) is 0 Å². The molecule has 18 heavy (non-hydrogen) atoms. The van der Waals surface area contributed by atoms with Gasteiger partial charge in [-0.3, -0.25) is 0 Å². The summed E-state index contributed by atoms with van der Waals surface area (Å²) < 4.78 is 6.51. The van der Waals surface area contributed by atoms with E-state index >= 15 is 0 Å². The second-order valence-electron chi connectivity index (χ2n) is 3.75. The van der Waals surface area contributed by atoms with Gasteiger partial charge in [-0.2, -0.15) is 0 Å². The lowest BCUT2D eigenvalue weighted by Crippen LogP contribution is -1.98. The zero-order valence-corrected chi connectivity index (χ0v) is 11.9. The predicted octanol–water partition coefficient (Wildman–Crippen LogP) is 4.34. The van der Waals surface area contributed by atoms with E-state index in [9.17, 15) is 5.11 Å². The molecule has 1 N–H and O–H groups in total. The summed E-state index contributed by atoms with van der Waals surface area (Å²) >= 11 is 9.39. The summed E-state index contributed by atoms with van der Waals surface area (Å²) in [5.74, 6) is 0.846. The van der Waals surface area contributed by atoms with Gasteiger partial charge >= 0.3 is 0 Å². The van der Waals surface area contributed by atoms with Crippen LogP contribution in [0.5, 0.6) is 11.6 Å². The Bertz CT molecular complexity index is 560. The standard InChI is InChI=1S/C13H11BrClNO2/c1-8(17)10-3-2-6-16-13(10)18-12-7-9(14)4-5-11(12)15/h2-8,17H,1H3. The lowest BCUT2D eigenvalue weighted by Gasteiger charge is -2.12. The third-order valence-corrected chi connectivity index (χ3v) is 3.16. The number of nitrogens with zero attached hydrogens (tertiary/aromatic N) is 1. The van der Waals surface area contributed by atoms with Gasteiger partial charge in [0.25, 0.3) is 0 Å². The third kappa shape index (κ3) is 3.02. The van der Waals surface area contributed by atoms with Gasteiger partial charge in [0, 0.05) is 16.2 Å². The predicted molar refractivity (Wildman–Crippen MR) is 74.1 cm³/mol. The molecule has 0 radical (unpaired) electrons. The summed E-state index contributed by atoms with van der Waals surface area (Å²) in [5, 5.41) is 10.1. The lowest BCUT2D eigenvalue weighted by atomic mass is 10.2. The fourth-order valence-electron chi connectivity index (χ4n) is 1.47. The van der Waals surface area contributed by atoms with Crippen LogP contribution in [0.15, 0.2) is 41.0 Å². The number of halogens is 2. The van der Waals surface area contributed by atoms with Gasteiger partial charge in [0.05, 0.1) is 11.1 Å². The molecule has 1 aromatic heterocycles. The number of aliphatic hydroxyl groups excluding tert-OH is 1. The van der Waals surface area contributed by atoms with Crippen molar-refractivity contribution >= 4 is 27.5 Å². The average Bonchev–Trinajstić information content (AvgIpc) is 2.34. The molecule has 0 aliphatic heterocycles. The fourth-order valence-corrected chi connectivity index (χ4v) is 1.96. The van der Waals surface area contributed by atoms with Crippen LogP contribution in [0.1, 0.15) is 18.6 Å². The molecule has 0 spiro atoms. The van der Waals surface area contributed by atoms with Crippen molar-refractivity contribution in [2.75, 3.05) is 0 Å². The van der Waals surface area contributed by atoms with Gasteiger partial charge in [-0.1, -0.05) is 27.5 Å². The maximum absolute atomic E-state index is 9.64. The first-order chi connectivity index (χ1) is 8.58. The molecule has 5 heteroatoms. The Labute approximate surface area is 119 Å². The second-order valence-corrected chi connectivity index (χ2v) is 5.07. The minimum absolute atomic E-state index is 0.354. The van der Waals surface area contributed by atoms with Crippen LogP contribution in [0.2, 0.25) is 5.02 Å². The SMILES string of the molecule is CC(O)c1cccnc1Oc1cc(Br)ccc1Cl. The first-order valence-corrected chi connectivity index (χ1v) is 6.51. The maximum Gasteiger partial charge on any atom is 0.225 e. The first-order valence-electron chi connectivity index (χ1n) is 5.34. The average molecular weight is 329 g/mol. The van der Waals surface area contributed by atoms with Crippen LogP contribution < -0.4 is 4.74 Å². The maximum atomic E-state index is 9.64. The smallest absolute Gasteiger partial charge is 0.225 e. The van der Waals surface area contributed by atoms with E-state index in [0.29, 0.717) is 22.2 Å². The van der Waals surface area contributed by atoms with E-state index in [1.165, 1.54) is 0 Å². The molecule has 0 bridgehead atoms. The molecule has 1 unspecified atom stereocenters. The molecule has 0 aliphatic rings. The van der Waals surface area contributed by atoms with Crippen LogP contribution in [0, 0.1) is 0 Å². The Morgan fingerprint density at radius 1 is 1.39 bits per heavy atom. The van der Waals surface area contributed by atoms with Crippen LogP contribution >= 0.6 is 27.5 Å². The van der Waals surface area contributed by atoms with Crippen molar-refractivity contribution in [1.29, 1.82) is 0 Å². The summed E-state index contributed by atoms with van der Waals surface area (Å²) in [6, 6.07) is 8.81. The van der Waals surface area contributed by atoms with Crippen LogP contribution in [0.3, 0.4) is 0 Å². The number of aromatic nitrogens is 1. The number of hydrogen-bond acceptors (Lipinski definition) is 3. The van der Waals surface area contributed by atoms with Crippen LogP contribution in [-0.4, -0.2) is 10.1 Å². The third-order valence-electron chi connectivity index (χ3n) is 2.35. The molecule has 0 aliphatic carbocycles. The molecule has 94 valence electrons. The van der Waals surface area contributed by atoms with E-state index in [1.54, 1.807) is 37.4 Å². The second kappa shape index (κ2) is 5.69. The van der Waals surface area contributed by atoms with Gasteiger partial charge in [-0.15, -0.1) is 0 Å². The quantitative estimate of drug-likeness (QED) is 0.911. The Morgan fingerprint density at radius 3 is 2.89 bits per heavy atom. The summed E-state index contributed by atoms with van der Waals surface area (Å²) in [6.07, 6.45) is 0.951. The number of rotatable bonds is 3. The van der Waals surface area contributed by atoms with Crippen molar-refractivity contribution in [1.82, 2.24) is 4.98 Å². The van der Waals surface area contributed by atoms with Crippen LogP contribution in [0.25, 0.3) is 0 Å². The fraction of sp³-hybridized carbons (Fsp3) is 0.154. The van der Waals surface area contributed by atoms with E-state index in [4.69, 9.17) is 16.3 Å². The minimum Gasteiger partial charge on any atom is -0.437 e. The Hall–Kier alpha value is -1.10. The zero-order valence-electron chi connectivity index (χ0n) is 9.60. The highest BCUT2D eigenvalue weighted by Gasteiger charge is 2.12. The van der Waals surface area contributed by atoms with Gasteiger partial charge in [-0.25, -0.2) is 4.98 Å². The molecule has 3 nitrogen and oxygen atoms in total. The normalized spacial score (nSPS) is 12.2. The largest absolute Gasteiger partial charge is 0.437 e. The molecule has 1 aromatic carbocycles. The van der Waals surface area contributed by atoms with Gasteiger partial charge in [0.15, 0.2) is 0 Å². The molecular weight excluding hydrogens is 318 g/mol. The van der Waals surface area contributed by atoms with Crippen molar-refractivity contribution in [3.63, 3.8) is 0 Å². The Kier molecular flexibility index (Phi) is 4.22. The van der Waals surface area contributed by atoms with Crippen LogP contribution in [0.4, 0.5) is 0 Å². The molecule has 1 heterocycles. The first kappa shape index (κ1) is 13.3. The summed E-state index contributed by atoms with van der Waals surface area (Å²) in [7, 11) is 0. The number of aliphatic hydroxyl groups is 1. The van der Waals surface area contributed by atoms with E-state index in [1.807, 2.05) is 6.07 Å². The molecule has 2 rings (SSSR count). The van der Waals surface area contributed by atoms with E-state index in [0.717, 1.165) is 4.47 Å². The number of ether oxygens (including phenoxy) is 1. The van der Waals surface area contributed by atoms with Crippen molar-refractivity contribution < 1.29 is 9.84 Å². The highest BCUT2D eigenvalue weighted by molar-refractivity contribution is 9.10.